The number of methoxy groups -OCH3 is 1. The fourth-order valence-corrected chi connectivity index (χ4v) is 2.71. The number of esters is 1. The number of nitrogens with zero attached hydrogens (tertiary/aromatic N) is 1. The Balaban J connectivity index is 2.06. The molecule has 2 rings (SSSR count). The maximum absolute atomic E-state index is 12.8. The number of benzene rings is 1. The van der Waals surface area contributed by atoms with Gasteiger partial charge in [-0.15, -0.1) is 11.3 Å². The molecule has 4 nitrogen and oxygen atoms in total. The van der Waals surface area contributed by atoms with Gasteiger partial charge >= 0.3 is 5.97 Å². The summed E-state index contributed by atoms with van der Waals surface area (Å²) in [4.78, 5) is 26.0. The predicted molar refractivity (Wildman–Crippen MR) is 77.9 cm³/mol. The molecular formula is C15H14FNO3S. The molecule has 0 aliphatic heterocycles. The van der Waals surface area contributed by atoms with Gasteiger partial charge in [0, 0.05) is 13.6 Å². The van der Waals surface area contributed by atoms with Crippen LogP contribution in [-0.2, 0) is 11.3 Å². The van der Waals surface area contributed by atoms with E-state index in [-0.39, 0.29) is 11.7 Å². The van der Waals surface area contributed by atoms with Crippen LogP contribution < -0.4 is 0 Å². The standard InChI is InChI=1S/C15H14FNO3S/c1-17(9-10-3-5-11(16)6-4-10)14(18)12-7-8-13(21-12)15(19)20-2/h3-8H,9H2,1-2H3. The zero-order valence-corrected chi connectivity index (χ0v) is 12.4. The topological polar surface area (TPSA) is 46.6 Å². The van der Waals surface area contributed by atoms with Gasteiger partial charge in [0.25, 0.3) is 5.91 Å². The second-order valence-electron chi connectivity index (χ2n) is 4.44. The molecule has 0 radical (unpaired) electrons. The summed E-state index contributed by atoms with van der Waals surface area (Å²) in [6.45, 7) is 0.366. The molecule has 0 unspecified atom stereocenters. The molecule has 0 N–H and O–H groups in total. The lowest BCUT2D eigenvalue weighted by molar-refractivity contribution is 0.0606. The zero-order chi connectivity index (χ0) is 15.4. The highest BCUT2D eigenvalue weighted by Gasteiger charge is 2.17. The molecule has 0 atom stereocenters. The first-order chi connectivity index (χ1) is 10.0. The highest BCUT2D eigenvalue weighted by molar-refractivity contribution is 7.15. The maximum atomic E-state index is 12.8. The summed E-state index contributed by atoms with van der Waals surface area (Å²) >= 11 is 1.09. The Morgan fingerprint density at radius 3 is 2.38 bits per heavy atom. The minimum Gasteiger partial charge on any atom is -0.465 e. The van der Waals surface area contributed by atoms with Gasteiger partial charge in [0.15, 0.2) is 0 Å². The highest BCUT2D eigenvalue weighted by Crippen LogP contribution is 2.19. The van der Waals surface area contributed by atoms with Crippen LogP contribution in [0.3, 0.4) is 0 Å². The van der Waals surface area contributed by atoms with Gasteiger partial charge in [-0.3, -0.25) is 4.79 Å². The molecule has 21 heavy (non-hydrogen) atoms. The molecule has 0 fully saturated rings. The maximum Gasteiger partial charge on any atom is 0.348 e. The third-order valence-corrected chi connectivity index (χ3v) is 3.94. The van der Waals surface area contributed by atoms with Crippen molar-refractivity contribution >= 4 is 23.2 Å². The van der Waals surface area contributed by atoms with Crippen molar-refractivity contribution in [3.05, 3.63) is 57.5 Å². The molecule has 1 aromatic heterocycles. The minimum absolute atomic E-state index is 0.195. The van der Waals surface area contributed by atoms with Gasteiger partial charge in [0.2, 0.25) is 0 Å². The van der Waals surface area contributed by atoms with E-state index in [4.69, 9.17) is 0 Å². The van der Waals surface area contributed by atoms with Crippen LogP contribution in [0.1, 0.15) is 24.9 Å². The van der Waals surface area contributed by atoms with Gasteiger partial charge in [-0.05, 0) is 29.8 Å². The molecule has 2 aromatic rings. The lowest BCUT2D eigenvalue weighted by Gasteiger charge is -2.16. The van der Waals surface area contributed by atoms with E-state index in [9.17, 15) is 14.0 Å². The van der Waals surface area contributed by atoms with Crippen molar-refractivity contribution in [2.45, 2.75) is 6.54 Å². The summed E-state index contributed by atoms with van der Waals surface area (Å²) in [6, 6.07) is 9.14. The lowest BCUT2D eigenvalue weighted by Crippen LogP contribution is -2.25. The van der Waals surface area contributed by atoms with Crippen molar-refractivity contribution in [3.8, 4) is 0 Å². The number of ether oxygens (including phenoxy) is 1. The summed E-state index contributed by atoms with van der Waals surface area (Å²) in [6.07, 6.45) is 0. The summed E-state index contributed by atoms with van der Waals surface area (Å²) in [7, 11) is 2.95. The quantitative estimate of drug-likeness (QED) is 0.816. The van der Waals surface area contributed by atoms with Crippen molar-refractivity contribution in [3.63, 3.8) is 0 Å². The number of hydrogen-bond donors (Lipinski definition) is 0. The number of amides is 1. The Hall–Kier alpha value is -2.21. The smallest absolute Gasteiger partial charge is 0.348 e. The molecule has 0 aliphatic carbocycles. The number of hydrogen-bond acceptors (Lipinski definition) is 4. The molecule has 1 amide bonds. The van der Waals surface area contributed by atoms with Gasteiger partial charge in [0.05, 0.1) is 12.0 Å². The van der Waals surface area contributed by atoms with E-state index >= 15 is 0 Å². The number of halogens is 1. The largest absolute Gasteiger partial charge is 0.465 e. The van der Waals surface area contributed by atoms with E-state index in [1.807, 2.05) is 0 Å². The van der Waals surface area contributed by atoms with Crippen molar-refractivity contribution in [1.29, 1.82) is 0 Å². The number of carbonyl (C=O) groups is 2. The second-order valence-corrected chi connectivity index (χ2v) is 5.53. The van der Waals surface area contributed by atoms with Crippen molar-refractivity contribution < 1.29 is 18.7 Å². The molecule has 0 saturated heterocycles. The van der Waals surface area contributed by atoms with Crippen LogP contribution in [-0.4, -0.2) is 30.9 Å². The third kappa shape index (κ3) is 3.66. The Morgan fingerprint density at radius 1 is 1.14 bits per heavy atom. The normalized spacial score (nSPS) is 10.2. The fraction of sp³-hybridized carbons (Fsp3) is 0.200. The van der Waals surface area contributed by atoms with Crippen LogP contribution in [0.15, 0.2) is 36.4 Å². The molecular weight excluding hydrogens is 293 g/mol. The van der Waals surface area contributed by atoms with Crippen LogP contribution in [0.2, 0.25) is 0 Å². The van der Waals surface area contributed by atoms with Gasteiger partial charge in [-0.2, -0.15) is 0 Å². The average molecular weight is 307 g/mol. The summed E-state index contributed by atoms with van der Waals surface area (Å²) < 4.78 is 17.4. The first-order valence-electron chi connectivity index (χ1n) is 6.19. The first kappa shape index (κ1) is 15.2. The monoisotopic (exact) mass is 307 g/mol. The number of thiophene rings is 1. The van der Waals surface area contributed by atoms with Crippen LogP contribution >= 0.6 is 11.3 Å². The van der Waals surface area contributed by atoms with E-state index in [1.165, 1.54) is 24.1 Å². The van der Waals surface area contributed by atoms with Gasteiger partial charge < -0.3 is 9.64 Å². The predicted octanol–water partition coefficient (Wildman–Crippen LogP) is 2.95. The third-order valence-electron chi connectivity index (χ3n) is 2.88. The van der Waals surface area contributed by atoms with Crippen LogP contribution in [0.4, 0.5) is 4.39 Å². The summed E-state index contributed by atoms with van der Waals surface area (Å²) in [5, 5.41) is 0. The van der Waals surface area contributed by atoms with E-state index < -0.39 is 5.97 Å². The zero-order valence-electron chi connectivity index (χ0n) is 11.6. The number of rotatable bonds is 4. The first-order valence-corrected chi connectivity index (χ1v) is 7.01. The molecule has 1 heterocycles. The van der Waals surface area contributed by atoms with Gasteiger partial charge in [-0.1, -0.05) is 12.1 Å². The van der Waals surface area contributed by atoms with E-state index in [1.54, 1.807) is 31.3 Å². The molecule has 6 heteroatoms. The molecule has 0 spiro atoms. The summed E-state index contributed by atoms with van der Waals surface area (Å²) in [5.74, 6) is -0.964. The summed E-state index contributed by atoms with van der Waals surface area (Å²) in [5.41, 5.74) is 0.831. The fourth-order valence-electron chi connectivity index (χ4n) is 1.79. The number of carbonyl (C=O) groups excluding carboxylic acids is 2. The second kappa shape index (κ2) is 6.49. The van der Waals surface area contributed by atoms with Crippen LogP contribution in [0, 0.1) is 5.82 Å². The molecule has 0 bridgehead atoms. The minimum atomic E-state index is -0.458. The Labute approximate surface area is 125 Å². The van der Waals surface area contributed by atoms with Gasteiger partial charge in [-0.25, -0.2) is 9.18 Å². The molecule has 110 valence electrons. The van der Waals surface area contributed by atoms with Crippen molar-refractivity contribution in [2.24, 2.45) is 0 Å². The van der Waals surface area contributed by atoms with Crippen molar-refractivity contribution in [1.82, 2.24) is 4.90 Å². The molecule has 0 aliphatic rings. The SMILES string of the molecule is COC(=O)c1ccc(C(=O)N(C)Cc2ccc(F)cc2)s1. The van der Waals surface area contributed by atoms with E-state index in [2.05, 4.69) is 4.74 Å². The van der Waals surface area contributed by atoms with E-state index in [0.29, 0.717) is 16.3 Å². The van der Waals surface area contributed by atoms with E-state index in [0.717, 1.165) is 16.9 Å². The Kier molecular flexibility index (Phi) is 4.70. The van der Waals surface area contributed by atoms with Crippen molar-refractivity contribution in [2.75, 3.05) is 14.2 Å². The molecule has 1 aromatic carbocycles. The van der Waals surface area contributed by atoms with Crippen LogP contribution in [0.25, 0.3) is 0 Å². The van der Waals surface area contributed by atoms with Crippen LogP contribution in [0.5, 0.6) is 0 Å². The average Bonchev–Trinajstić information content (AvgIpc) is 2.97. The lowest BCUT2D eigenvalue weighted by atomic mass is 10.2. The Morgan fingerprint density at radius 2 is 1.76 bits per heavy atom. The highest BCUT2D eigenvalue weighted by atomic mass is 32.1. The Bertz CT molecular complexity index is 651. The van der Waals surface area contributed by atoms with Gasteiger partial charge in [0.1, 0.15) is 10.7 Å². The molecule has 0 saturated carbocycles.